The van der Waals surface area contributed by atoms with Crippen molar-refractivity contribution in [3.8, 4) is 0 Å². The molecule has 0 heterocycles. The Hall–Kier alpha value is 0.907. The van der Waals surface area contributed by atoms with Gasteiger partial charge in [0.2, 0.25) is 0 Å². The van der Waals surface area contributed by atoms with Gasteiger partial charge in [-0.2, -0.15) is 0 Å². The lowest BCUT2D eigenvalue weighted by atomic mass is 9.89. The molecular formula is C13H29IOSi. The van der Waals surface area contributed by atoms with Gasteiger partial charge in [0, 0.05) is 6.61 Å². The zero-order valence-corrected chi connectivity index (χ0v) is 15.3. The van der Waals surface area contributed by atoms with Gasteiger partial charge < -0.3 is 4.43 Å². The van der Waals surface area contributed by atoms with Gasteiger partial charge in [-0.3, -0.25) is 0 Å². The summed E-state index contributed by atoms with van der Waals surface area (Å²) < 4.78 is 7.54. The fourth-order valence-electron chi connectivity index (χ4n) is 1.21. The van der Waals surface area contributed by atoms with Gasteiger partial charge >= 0.3 is 0 Å². The van der Waals surface area contributed by atoms with Crippen molar-refractivity contribution in [2.75, 3.05) is 11.0 Å². The first-order valence-corrected chi connectivity index (χ1v) is 10.7. The smallest absolute Gasteiger partial charge is 0.192 e. The molecule has 0 aromatic heterocycles. The van der Waals surface area contributed by atoms with Gasteiger partial charge in [0.05, 0.1) is 0 Å². The van der Waals surface area contributed by atoms with Crippen LogP contribution in [0.1, 0.15) is 47.5 Å². The van der Waals surface area contributed by atoms with Gasteiger partial charge in [-0.1, -0.05) is 57.2 Å². The van der Waals surface area contributed by atoms with E-state index in [4.69, 9.17) is 4.43 Å². The Morgan fingerprint density at radius 1 is 1.06 bits per heavy atom. The summed E-state index contributed by atoms with van der Waals surface area (Å²) in [6.45, 7) is 17.1. The van der Waals surface area contributed by atoms with Crippen molar-refractivity contribution >= 4 is 30.9 Å². The monoisotopic (exact) mass is 356 g/mol. The lowest BCUT2D eigenvalue weighted by Crippen LogP contribution is -2.43. The summed E-state index contributed by atoms with van der Waals surface area (Å²) >= 11 is 2.45. The third kappa shape index (κ3) is 6.01. The van der Waals surface area contributed by atoms with Crippen LogP contribution in [0.2, 0.25) is 18.1 Å². The van der Waals surface area contributed by atoms with Gasteiger partial charge in [0.25, 0.3) is 0 Å². The fraction of sp³-hybridized carbons (Fsp3) is 1.00. The molecule has 0 aromatic rings. The Morgan fingerprint density at radius 2 is 1.56 bits per heavy atom. The highest BCUT2D eigenvalue weighted by Gasteiger charge is 2.38. The zero-order chi connectivity index (χ0) is 13.0. The predicted molar refractivity (Wildman–Crippen MR) is 85.1 cm³/mol. The van der Waals surface area contributed by atoms with Crippen LogP contribution >= 0.6 is 22.6 Å². The first-order chi connectivity index (χ1) is 7.02. The van der Waals surface area contributed by atoms with E-state index >= 15 is 0 Å². The maximum Gasteiger partial charge on any atom is 0.192 e. The van der Waals surface area contributed by atoms with Gasteiger partial charge in [-0.05, 0) is 40.8 Å². The normalized spacial score (nSPS) is 14.2. The standard InChI is InChI=1S/C13H29IOSi/c1-12(2,3)16(6,7)15-11-13(4,5)9-8-10-14/h8-11H2,1-7H3. The Bertz CT molecular complexity index is 206. The van der Waals surface area contributed by atoms with Crippen LogP contribution in [0.4, 0.5) is 0 Å². The average Bonchev–Trinajstić information content (AvgIpc) is 2.10. The molecule has 1 nitrogen and oxygen atoms in total. The summed E-state index contributed by atoms with van der Waals surface area (Å²) in [5, 5.41) is 0.326. The summed E-state index contributed by atoms with van der Waals surface area (Å²) in [6, 6.07) is 0. The second-order valence-electron chi connectivity index (χ2n) is 7.01. The third-order valence-electron chi connectivity index (χ3n) is 3.62. The van der Waals surface area contributed by atoms with Crippen LogP contribution < -0.4 is 0 Å². The van der Waals surface area contributed by atoms with Crippen LogP contribution in [0.15, 0.2) is 0 Å². The molecule has 0 aliphatic carbocycles. The van der Waals surface area contributed by atoms with Crippen LogP contribution in [-0.4, -0.2) is 19.4 Å². The minimum atomic E-state index is -1.56. The molecule has 0 aromatic carbocycles. The second-order valence-corrected chi connectivity index (χ2v) is 12.9. The largest absolute Gasteiger partial charge is 0.416 e. The zero-order valence-electron chi connectivity index (χ0n) is 12.1. The van der Waals surface area contributed by atoms with E-state index in [1.54, 1.807) is 0 Å². The van der Waals surface area contributed by atoms with Gasteiger partial charge in [0.1, 0.15) is 0 Å². The molecular weight excluding hydrogens is 327 g/mol. The number of hydrogen-bond acceptors (Lipinski definition) is 1. The van der Waals surface area contributed by atoms with Crippen molar-refractivity contribution in [3.05, 3.63) is 0 Å². The molecule has 0 bridgehead atoms. The number of rotatable bonds is 6. The van der Waals surface area contributed by atoms with E-state index in [1.807, 2.05) is 0 Å². The molecule has 0 radical (unpaired) electrons. The molecule has 0 aliphatic rings. The number of halogens is 1. The molecule has 0 unspecified atom stereocenters. The maximum atomic E-state index is 6.29. The van der Waals surface area contributed by atoms with Crippen LogP contribution in [0.5, 0.6) is 0 Å². The lowest BCUT2D eigenvalue weighted by molar-refractivity contribution is 0.155. The highest BCUT2D eigenvalue weighted by Crippen LogP contribution is 2.38. The van der Waals surface area contributed by atoms with Crippen LogP contribution in [-0.2, 0) is 4.43 Å². The summed E-state index contributed by atoms with van der Waals surface area (Å²) in [5.41, 5.74) is 0.334. The van der Waals surface area contributed by atoms with E-state index < -0.39 is 8.32 Å². The van der Waals surface area contributed by atoms with Crippen molar-refractivity contribution in [2.24, 2.45) is 5.41 Å². The SMILES string of the molecule is CC(C)(CCCI)CO[Si](C)(C)C(C)(C)C. The summed E-state index contributed by atoms with van der Waals surface area (Å²) in [4.78, 5) is 0. The van der Waals surface area contributed by atoms with E-state index in [0.29, 0.717) is 10.5 Å². The van der Waals surface area contributed by atoms with Gasteiger partial charge in [0.15, 0.2) is 8.32 Å². The predicted octanol–water partition coefficient (Wildman–Crippen LogP) is 5.25. The van der Waals surface area contributed by atoms with E-state index in [1.165, 1.54) is 17.3 Å². The van der Waals surface area contributed by atoms with Crippen LogP contribution in [0, 0.1) is 5.41 Å². The Morgan fingerprint density at radius 3 is 1.94 bits per heavy atom. The topological polar surface area (TPSA) is 9.23 Å². The molecule has 0 amide bonds. The van der Waals surface area contributed by atoms with E-state index in [0.717, 1.165) is 6.61 Å². The quantitative estimate of drug-likeness (QED) is 0.359. The van der Waals surface area contributed by atoms with Gasteiger partial charge in [-0.15, -0.1) is 0 Å². The summed E-state index contributed by atoms with van der Waals surface area (Å²) in [5.74, 6) is 0. The van der Waals surface area contributed by atoms with E-state index in [-0.39, 0.29) is 0 Å². The molecule has 16 heavy (non-hydrogen) atoms. The molecule has 0 rings (SSSR count). The molecule has 0 N–H and O–H groups in total. The summed E-state index contributed by atoms with van der Waals surface area (Å²) in [6.07, 6.45) is 2.57. The lowest BCUT2D eigenvalue weighted by Gasteiger charge is -2.39. The first-order valence-electron chi connectivity index (χ1n) is 6.22. The molecule has 0 spiro atoms. The van der Waals surface area contributed by atoms with Crippen LogP contribution in [0.25, 0.3) is 0 Å². The highest BCUT2D eigenvalue weighted by atomic mass is 127. The third-order valence-corrected chi connectivity index (χ3v) is 8.86. The summed E-state index contributed by atoms with van der Waals surface area (Å²) in [7, 11) is -1.56. The van der Waals surface area contributed by atoms with Crippen molar-refractivity contribution < 1.29 is 4.43 Å². The molecule has 0 saturated heterocycles. The first kappa shape index (κ1) is 16.9. The van der Waals surface area contributed by atoms with Crippen LogP contribution in [0.3, 0.4) is 0 Å². The van der Waals surface area contributed by atoms with Crippen molar-refractivity contribution in [1.29, 1.82) is 0 Å². The molecule has 0 aliphatic heterocycles. The van der Waals surface area contributed by atoms with Gasteiger partial charge in [-0.25, -0.2) is 0 Å². The highest BCUT2D eigenvalue weighted by molar-refractivity contribution is 14.1. The van der Waals surface area contributed by atoms with Crippen molar-refractivity contribution in [2.45, 2.75) is 65.6 Å². The van der Waals surface area contributed by atoms with Crippen molar-refractivity contribution in [3.63, 3.8) is 0 Å². The molecule has 98 valence electrons. The Kier molecular flexibility index (Phi) is 6.54. The van der Waals surface area contributed by atoms with E-state index in [2.05, 4.69) is 70.3 Å². The maximum absolute atomic E-state index is 6.29. The molecule has 3 heteroatoms. The number of hydrogen-bond donors (Lipinski definition) is 0. The fourth-order valence-corrected chi connectivity index (χ4v) is 2.78. The number of alkyl halides is 1. The minimum Gasteiger partial charge on any atom is -0.416 e. The molecule has 0 saturated carbocycles. The van der Waals surface area contributed by atoms with Crippen molar-refractivity contribution in [1.82, 2.24) is 0 Å². The Labute approximate surface area is 117 Å². The molecule has 0 atom stereocenters. The molecule has 0 fully saturated rings. The minimum absolute atomic E-state index is 0.326. The average molecular weight is 356 g/mol. The van der Waals surface area contributed by atoms with E-state index in [9.17, 15) is 0 Å². The second kappa shape index (κ2) is 6.18. The Balaban J connectivity index is 4.23.